The number of benzene rings is 1. The Bertz CT molecular complexity index is 438. The van der Waals surface area contributed by atoms with Crippen LogP contribution in [0.3, 0.4) is 0 Å². The average Bonchev–Trinajstić information content (AvgIpc) is 2.98. The largest absolute Gasteiger partial charge is 0.324 e. The van der Waals surface area contributed by atoms with Crippen LogP contribution in [0.2, 0.25) is 5.02 Å². The first-order valence-corrected chi connectivity index (χ1v) is 5.84. The van der Waals surface area contributed by atoms with Crippen molar-refractivity contribution in [2.75, 3.05) is 5.32 Å². The highest BCUT2D eigenvalue weighted by Crippen LogP contribution is 2.38. The maximum atomic E-state index is 13.1. The van der Waals surface area contributed by atoms with Gasteiger partial charge < -0.3 is 11.1 Å². The van der Waals surface area contributed by atoms with Crippen LogP contribution >= 0.6 is 11.6 Å². The van der Waals surface area contributed by atoms with Crippen molar-refractivity contribution in [1.29, 1.82) is 0 Å². The highest BCUT2D eigenvalue weighted by Gasteiger charge is 2.44. The highest BCUT2D eigenvalue weighted by molar-refractivity contribution is 6.30. The number of halogens is 2. The van der Waals surface area contributed by atoms with Crippen LogP contribution in [0.25, 0.3) is 0 Å². The fourth-order valence-electron chi connectivity index (χ4n) is 1.76. The number of nitrogens with one attached hydrogen (secondary N) is 1. The zero-order valence-electron chi connectivity index (χ0n) is 9.47. The fraction of sp³-hybridized carbons (Fsp3) is 0.417. The summed E-state index contributed by atoms with van der Waals surface area (Å²) in [4.78, 5) is 11.9. The topological polar surface area (TPSA) is 55.1 Å². The van der Waals surface area contributed by atoms with Gasteiger partial charge in [0.2, 0.25) is 5.91 Å². The van der Waals surface area contributed by atoms with Gasteiger partial charge in [-0.1, -0.05) is 11.6 Å². The standard InChI is InChI=1S/C12H14ClFN2O/c1-12(15,7-2-3-7)11(17)16-10-5-8(13)4-9(14)6-10/h4-7H,2-3,15H2,1H3,(H,16,17). The van der Waals surface area contributed by atoms with Crippen LogP contribution in [0.4, 0.5) is 10.1 Å². The summed E-state index contributed by atoms with van der Waals surface area (Å²) in [7, 11) is 0. The Balaban J connectivity index is 2.12. The average molecular weight is 257 g/mol. The second-order valence-corrected chi connectivity index (χ2v) is 5.11. The van der Waals surface area contributed by atoms with Crippen LogP contribution in [-0.4, -0.2) is 11.4 Å². The molecule has 1 fully saturated rings. The summed E-state index contributed by atoms with van der Waals surface area (Å²) in [5.74, 6) is -0.578. The third-order valence-corrected chi connectivity index (χ3v) is 3.25. The van der Waals surface area contributed by atoms with E-state index in [4.69, 9.17) is 17.3 Å². The first kappa shape index (κ1) is 12.3. The number of carbonyl (C=O) groups is 1. The number of hydrogen-bond acceptors (Lipinski definition) is 2. The Morgan fingerprint density at radius 3 is 2.71 bits per heavy atom. The minimum Gasteiger partial charge on any atom is -0.324 e. The zero-order valence-corrected chi connectivity index (χ0v) is 10.2. The van der Waals surface area contributed by atoms with Crippen LogP contribution in [-0.2, 0) is 4.79 Å². The van der Waals surface area contributed by atoms with Gasteiger partial charge in [0.25, 0.3) is 0 Å². The molecule has 1 saturated carbocycles. The van der Waals surface area contributed by atoms with Crippen molar-refractivity contribution in [1.82, 2.24) is 0 Å². The molecule has 3 nitrogen and oxygen atoms in total. The van der Waals surface area contributed by atoms with Crippen molar-refractivity contribution in [3.63, 3.8) is 0 Å². The lowest BCUT2D eigenvalue weighted by Crippen LogP contribution is -2.50. The number of anilines is 1. The third kappa shape index (κ3) is 2.76. The van der Waals surface area contributed by atoms with E-state index in [2.05, 4.69) is 5.32 Å². The summed E-state index contributed by atoms with van der Waals surface area (Å²) in [5, 5.41) is 2.84. The van der Waals surface area contributed by atoms with Gasteiger partial charge in [0.15, 0.2) is 0 Å². The first-order chi connectivity index (χ1) is 7.89. The molecule has 92 valence electrons. The molecule has 0 heterocycles. The molecule has 1 amide bonds. The van der Waals surface area contributed by atoms with E-state index in [0.29, 0.717) is 5.69 Å². The van der Waals surface area contributed by atoms with E-state index in [0.717, 1.165) is 12.8 Å². The number of rotatable bonds is 3. The minimum atomic E-state index is -0.904. The predicted molar refractivity (Wildman–Crippen MR) is 65.4 cm³/mol. The van der Waals surface area contributed by atoms with E-state index < -0.39 is 11.4 Å². The molecule has 0 bridgehead atoms. The lowest BCUT2D eigenvalue weighted by molar-refractivity contribution is -0.121. The van der Waals surface area contributed by atoms with Gasteiger partial charge in [-0.15, -0.1) is 0 Å². The molecular formula is C12H14ClFN2O. The van der Waals surface area contributed by atoms with E-state index in [1.807, 2.05) is 0 Å². The van der Waals surface area contributed by atoms with Crippen molar-refractivity contribution >= 4 is 23.2 Å². The van der Waals surface area contributed by atoms with Crippen molar-refractivity contribution in [2.24, 2.45) is 11.7 Å². The van der Waals surface area contributed by atoms with Crippen molar-refractivity contribution in [2.45, 2.75) is 25.3 Å². The van der Waals surface area contributed by atoms with Gasteiger partial charge in [-0.25, -0.2) is 4.39 Å². The number of hydrogen-bond donors (Lipinski definition) is 2. The number of carbonyl (C=O) groups excluding carboxylic acids is 1. The zero-order chi connectivity index (χ0) is 12.6. The molecule has 0 aromatic heterocycles. The molecule has 17 heavy (non-hydrogen) atoms. The molecule has 1 atom stereocenters. The van der Waals surface area contributed by atoms with Crippen molar-refractivity contribution in [3.05, 3.63) is 29.0 Å². The molecule has 0 saturated heterocycles. The molecule has 0 radical (unpaired) electrons. The SMILES string of the molecule is CC(N)(C(=O)Nc1cc(F)cc(Cl)c1)C1CC1. The van der Waals surface area contributed by atoms with Gasteiger partial charge >= 0.3 is 0 Å². The van der Waals surface area contributed by atoms with Crippen LogP contribution in [0.1, 0.15) is 19.8 Å². The minimum absolute atomic E-state index is 0.214. The van der Waals surface area contributed by atoms with Crippen molar-refractivity contribution < 1.29 is 9.18 Å². The quantitative estimate of drug-likeness (QED) is 0.873. The van der Waals surface area contributed by atoms with Gasteiger partial charge in [0.05, 0.1) is 5.54 Å². The van der Waals surface area contributed by atoms with Gasteiger partial charge in [0.1, 0.15) is 5.82 Å². The molecule has 0 aliphatic heterocycles. The Morgan fingerprint density at radius 2 is 2.18 bits per heavy atom. The van der Waals surface area contributed by atoms with Gasteiger partial charge in [-0.3, -0.25) is 4.79 Å². The second kappa shape index (κ2) is 4.27. The van der Waals surface area contributed by atoms with E-state index in [1.165, 1.54) is 18.2 Å². The summed E-state index contributed by atoms with van der Waals surface area (Å²) in [6, 6.07) is 3.89. The van der Waals surface area contributed by atoms with Gasteiger partial charge in [-0.05, 0) is 43.9 Å². The molecule has 1 aromatic rings. The lowest BCUT2D eigenvalue weighted by atomic mass is 9.96. The molecule has 3 N–H and O–H groups in total. The summed E-state index contributed by atoms with van der Waals surface area (Å²) in [5.41, 5.74) is 5.38. The fourth-order valence-corrected chi connectivity index (χ4v) is 1.98. The molecule has 2 rings (SSSR count). The van der Waals surface area contributed by atoms with E-state index >= 15 is 0 Å². The summed E-state index contributed by atoms with van der Waals surface area (Å²) in [6.07, 6.45) is 1.93. The summed E-state index contributed by atoms with van der Waals surface area (Å²) < 4.78 is 13.1. The first-order valence-electron chi connectivity index (χ1n) is 5.46. The molecule has 1 aliphatic rings. The molecular weight excluding hydrogens is 243 g/mol. The Hall–Kier alpha value is -1.13. The Morgan fingerprint density at radius 1 is 1.53 bits per heavy atom. The Kier molecular flexibility index (Phi) is 3.10. The smallest absolute Gasteiger partial charge is 0.244 e. The second-order valence-electron chi connectivity index (χ2n) is 4.67. The van der Waals surface area contributed by atoms with Crippen molar-refractivity contribution in [3.8, 4) is 0 Å². The summed E-state index contributed by atoms with van der Waals surface area (Å²) >= 11 is 5.70. The van der Waals surface area contributed by atoms with Gasteiger partial charge in [-0.2, -0.15) is 0 Å². The predicted octanol–water partition coefficient (Wildman–Crippen LogP) is 2.55. The lowest BCUT2D eigenvalue weighted by Gasteiger charge is -2.23. The summed E-state index contributed by atoms with van der Waals surface area (Å²) in [6.45, 7) is 1.70. The third-order valence-electron chi connectivity index (χ3n) is 3.04. The molecule has 1 unspecified atom stereocenters. The van der Waals surface area contributed by atoms with Gasteiger partial charge in [0, 0.05) is 10.7 Å². The molecule has 1 aliphatic carbocycles. The maximum Gasteiger partial charge on any atom is 0.244 e. The van der Waals surface area contributed by atoms with Crippen LogP contribution in [0.5, 0.6) is 0 Å². The number of nitrogens with two attached hydrogens (primary N) is 1. The normalized spacial score (nSPS) is 18.6. The van der Waals surface area contributed by atoms with E-state index in [-0.39, 0.29) is 16.8 Å². The molecule has 5 heteroatoms. The van der Waals surface area contributed by atoms with Crippen LogP contribution in [0, 0.1) is 11.7 Å². The molecule has 1 aromatic carbocycles. The Labute approximate surface area is 104 Å². The van der Waals surface area contributed by atoms with Crippen LogP contribution < -0.4 is 11.1 Å². The van der Waals surface area contributed by atoms with E-state index in [1.54, 1.807) is 6.92 Å². The number of amides is 1. The molecule has 0 spiro atoms. The maximum absolute atomic E-state index is 13.1. The van der Waals surface area contributed by atoms with Crippen LogP contribution in [0.15, 0.2) is 18.2 Å². The van der Waals surface area contributed by atoms with E-state index in [9.17, 15) is 9.18 Å². The highest BCUT2D eigenvalue weighted by atomic mass is 35.5. The monoisotopic (exact) mass is 256 g/mol.